The van der Waals surface area contributed by atoms with E-state index in [1.807, 2.05) is 56.3 Å². The zero-order valence-electron chi connectivity index (χ0n) is 15.0. The van der Waals surface area contributed by atoms with Crippen LogP contribution in [0, 0.1) is 0 Å². The average Bonchev–Trinajstić information content (AvgIpc) is 2.55. The lowest BCUT2D eigenvalue weighted by Crippen LogP contribution is -2.20. The van der Waals surface area contributed by atoms with Gasteiger partial charge in [0.05, 0.1) is 6.10 Å². The smallest absolute Gasteiger partial charge is 0.262 e. The molecule has 0 unspecified atom stereocenters. The van der Waals surface area contributed by atoms with Gasteiger partial charge in [-0.1, -0.05) is 29.8 Å². The number of benzene rings is 2. The quantitative estimate of drug-likeness (QED) is 0.672. The van der Waals surface area contributed by atoms with Crippen LogP contribution in [0.25, 0.3) is 0 Å². The van der Waals surface area contributed by atoms with Gasteiger partial charge in [0, 0.05) is 10.2 Å². The van der Waals surface area contributed by atoms with E-state index in [0.29, 0.717) is 11.6 Å². The normalized spacial score (nSPS) is 10.8. The highest BCUT2D eigenvalue weighted by Crippen LogP contribution is 2.29. The summed E-state index contributed by atoms with van der Waals surface area (Å²) in [5.74, 6) is 1.62. The predicted octanol–water partition coefficient (Wildman–Crippen LogP) is 5.38. The largest absolute Gasteiger partial charge is 0.491 e. The van der Waals surface area contributed by atoms with Gasteiger partial charge < -0.3 is 14.8 Å². The van der Waals surface area contributed by atoms with Gasteiger partial charge in [0.1, 0.15) is 11.5 Å². The molecule has 0 heterocycles. The summed E-state index contributed by atoms with van der Waals surface area (Å²) < 4.78 is 12.3. The zero-order valence-corrected chi connectivity index (χ0v) is 16.6. The SMILES string of the molecule is CC(C)Oc1ccc(NC(=O)COc2ccc(Br)cc2C(C)C)cc1. The highest BCUT2D eigenvalue weighted by molar-refractivity contribution is 9.10. The molecular weight excluding hydrogens is 382 g/mol. The average molecular weight is 406 g/mol. The van der Waals surface area contributed by atoms with Crippen molar-refractivity contribution in [3.63, 3.8) is 0 Å². The molecule has 2 aromatic carbocycles. The monoisotopic (exact) mass is 405 g/mol. The van der Waals surface area contributed by atoms with Gasteiger partial charge >= 0.3 is 0 Å². The van der Waals surface area contributed by atoms with Crippen molar-refractivity contribution in [2.24, 2.45) is 0 Å². The standard InChI is InChI=1S/C20H24BrNO3/c1-13(2)18-11-15(21)5-10-19(18)24-12-20(23)22-16-6-8-17(9-7-16)25-14(3)4/h5-11,13-14H,12H2,1-4H3,(H,22,23). The predicted molar refractivity (Wildman–Crippen MR) is 105 cm³/mol. The van der Waals surface area contributed by atoms with Gasteiger partial charge in [-0.2, -0.15) is 0 Å². The lowest BCUT2D eigenvalue weighted by Gasteiger charge is -2.14. The fraction of sp³-hybridized carbons (Fsp3) is 0.350. The van der Waals surface area contributed by atoms with Crippen molar-refractivity contribution < 1.29 is 14.3 Å². The van der Waals surface area contributed by atoms with Crippen molar-refractivity contribution in [2.75, 3.05) is 11.9 Å². The van der Waals surface area contributed by atoms with E-state index in [-0.39, 0.29) is 18.6 Å². The number of amides is 1. The number of hydrogen-bond donors (Lipinski definition) is 1. The molecule has 5 heteroatoms. The summed E-state index contributed by atoms with van der Waals surface area (Å²) >= 11 is 3.46. The molecule has 134 valence electrons. The Morgan fingerprint density at radius 2 is 1.76 bits per heavy atom. The maximum absolute atomic E-state index is 12.1. The number of anilines is 1. The number of nitrogens with one attached hydrogen (secondary N) is 1. The third kappa shape index (κ3) is 6.09. The molecule has 0 aromatic heterocycles. The van der Waals surface area contributed by atoms with Crippen molar-refractivity contribution in [1.29, 1.82) is 0 Å². The first-order valence-corrected chi connectivity index (χ1v) is 9.13. The lowest BCUT2D eigenvalue weighted by molar-refractivity contribution is -0.118. The molecule has 1 amide bonds. The molecule has 0 bridgehead atoms. The number of halogens is 1. The zero-order chi connectivity index (χ0) is 18.4. The molecule has 4 nitrogen and oxygen atoms in total. The van der Waals surface area contributed by atoms with Crippen molar-refractivity contribution in [1.82, 2.24) is 0 Å². The molecule has 0 radical (unpaired) electrons. The van der Waals surface area contributed by atoms with E-state index in [4.69, 9.17) is 9.47 Å². The number of carbonyl (C=O) groups is 1. The van der Waals surface area contributed by atoms with Crippen LogP contribution in [-0.4, -0.2) is 18.6 Å². The molecule has 2 aromatic rings. The Morgan fingerprint density at radius 1 is 1.08 bits per heavy atom. The van der Waals surface area contributed by atoms with Gasteiger partial charge in [-0.25, -0.2) is 0 Å². The molecule has 0 aliphatic carbocycles. The fourth-order valence-electron chi connectivity index (χ4n) is 2.33. The van der Waals surface area contributed by atoms with E-state index in [2.05, 4.69) is 35.1 Å². The van der Waals surface area contributed by atoms with E-state index in [1.165, 1.54) is 0 Å². The molecule has 0 aliphatic rings. The Morgan fingerprint density at radius 3 is 2.36 bits per heavy atom. The van der Waals surface area contributed by atoms with Crippen molar-refractivity contribution in [2.45, 2.75) is 39.7 Å². The molecular formula is C20H24BrNO3. The van der Waals surface area contributed by atoms with Crippen LogP contribution < -0.4 is 14.8 Å². The Bertz CT molecular complexity index is 711. The van der Waals surface area contributed by atoms with E-state index in [1.54, 1.807) is 0 Å². The molecule has 1 N–H and O–H groups in total. The summed E-state index contributed by atoms with van der Waals surface area (Å²) in [5.41, 5.74) is 1.78. The Kier molecular flexibility index (Phi) is 6.88. The summed E-state index contributed by atoms with van der Waals surface area (Å²) in [6, 6.07) is 13.1. The van der Waals surface area contributed by atoms with Crippen molar-refractivity contribution in [3.05, 3.63) is 52.5 Å². The summed E-state index contributed by atoms with van der Waals surface area (Å²) in [5, 5.41) is 2.82. The van der Waals surface area contributed by atoms with Gasteiger partial charge in [0.15, 0.2) is 6.61 Å². The van der Waals surface area contributed by atoms with Crippen LogP contribution in [0.4, 0.5) is 5.69 Å². The first-order valence-electron chi connectivity index (χ1n) is 8.34. The lowest BCUT2D eigenvalue weighted by atomic mass is 10.0. The molecule has 2 rings (SSSR count). The maximum Gasteiger partial charge on any atom is 0.262 e. The van der Waals surface area contributed by atoms with E-state index in [0.717, 1.165) is 21.5 Å². The number of rotatable bonds is 7. The minimum atomic E-state index is -0.199. The van der Waals surface area contributed by atoms with E-state index in [9.17, 15) is 4.79 Å². The minimum Gasteiger partial charge on any atom is -0.491 e. The second-order valence-electron chi connectivity index (χ2n) is 6.36. The first-order chi connectivity index (χ1) is 11.8. The Hall–Kier alpha value is -2.01. The molecule has 25 heavy (non-hydrogen) atoms. The van der Waals surface area contributed by atoms with Gasteiger partial charge in [-0.05, 0) is 67.8 Å². The third-order valence-corrected chi connectivity index (χ3v) is 3.96. The topological polar surface area (TPSA) is 47.6 Å². The highest BCUT2D eigenvalue weighted by Gasteiger charge is 2.11. The second-order valence-corrected chi connectivity index (χ2v) is 7.28. The Labute approximate surface area is 157 Å². The van der Waals surface area contributed by atoms with Crippen LogP contribution in [0.2, 0.25) is 0 Å². The van der Waals surface area contributed by atoms with E-state index < -0.39 is 0 Å². The highest BCUT2D eigenvalue weighted by atomic mass is 79.9. The molecule has 0 saturated heterocycles. The Balaban J connectivity index is 1.93. The van der Waals surface area contributed by atoms with E-state index >= 15 is 0 Å². The van der Waals surface area contributed by atoms with Crippen LogP contribution in [0.1, 0.15) is 39.2 Å². The minimum absolute atomic E-state index is 0.0361. The van der Waals surface area contributed by atoms with Crippen molar-refractivity contribution in [3.8, 4) is 11.5 Å². The van der Waals surface area contributed by atoms with Gasteiger partial charge in [0.2, 0.25) is 0 Å². The number of carbonyl (C=O) groups excluding carboxylic acids is 1. The third-order valence-electron chi connectivity index (χ3n) is 3.46. The molecule has 0 spiro atoms. The van der Waals surface area contributed by atoms with Crippen LogP contribution in [0.5, 0.6) is 11.5 Å². The molecule has 0 atom stereocenters. The molecule has 0 fully saturated rings. The summed E-state index contributed by atoms with van der Waals surface area (Å²) in [6.45, 7) is 8.09. The van der Waals surface area contributed by atoms with Crippen LogP contribution in [-0.2, 0) is 4.79 Å². The summed E-state index contributed by atoms with van der Waals surface area (Å²) in [7, 11) is 0. The van der Waals surface area contributed by atoms with Crippen LogP contribution >= 0.6 is 15.9 Å². The maximum atomic E-state index is 12.1. The van der Waals surface area contributed by atoms with Crippen molar-refractivity contribution >= 4 is 27.5 Å². The van der Waals surface area contributed by atoms with Crippen LogP contribution in [0.3, 0.4) is 0 Å². The van der Waals surface area contributed by atoms with Gasteiger partial charge in [-0.3, -0.25) is 4.79 Å². The number of ether oxygens (including phenoxy) is 2. The fourth-order valence-corrected chi connectivity index (χ4v) is 2.71. The molecule has 0 aliphatic heterocycles. The number of hydrogen-bond acceptors (Lipinski definition) is 3. The summed E-state index contributed by atoms with van der Waals surface area (Å²) in [6.07, 6.45) is 0.120. The van der Waals surface area contributed by atoms with Crippen LogP contribution in [0.15, 0.2) is 46.9 Å². The summed E-state index contributed by atoms with van der Waals surface area (Å²) in [4.78, 5) is 12.1. The first kappa shape index (κ1) is 19.3. The second kappa shape index (κ2) is 8.90. The van der Waals surface area contributed by atoms with Gasteiger partial charge in [0.25, 0.3) is 5.91 Å². The molecule has 0 saturated carbocycles. The van der Waals surface area contributed by atoms with Gasteiger partial charge in [-0.15, -0.1) is 0 Å².